The number of carbonyl (C=O) groups excluding carboxylic acids is 1. The predicted octanol–water partition coefficient (Wildman–Crippen LogP) is 3.71. The largest absolute Gasteiger partial charge is 0.294 e. The lowest BCUT2D eigenvalue weighted by Gasteiger charge is -2.27. The molecule has 0 radical (unpaired) electrons. The van der Waals surface area contributed by atoms with E-state index in [4.69, 9.17) is 0 Å². The molecule has 0 spiro atoms. The Hall–Kier alpha value is -1.37. The lowest BCUT2D eigenvalue weighted by Crippen LogP contribution is -2.13. The fraction of sp³-hybridized carbons (Fsp3) is 0.357. The monoisotopic (exact) mass is 200 g/mol. The first-order valence-corrected chi connectivity index (χ1v) is 5.56. The summed E-state index contributed by atoms with van der Waals surface area (Å²) in [5.74, 6) is 0.822. The maximum Gasteiger partial charge on any atom is 0.166 e. The van der Waals surface area contributed by atoms with Crippen LogP contribution in [0.3, 0.4) is 0 Å². The van der Waals surface area contributed by atoms with E-state index in [2.05, 4.69) is 12.6 Å². The zero-order valence-electron chi connectivity index (χ0n) is 8.91. The molecule has 0 bridgehead atoms. The number of rotatable bonds is 4. The SMILES string of the molecule is C=CCC(=O)c1ccccc1C1CCC1. The van der Waals surface area contributed by atoms with Crippen molar-refractivity contribution in [1.29, 1.82) is 0 Å². The van der Waals surface area contributed by atoms with Gasteiger partial charge in [-0.05, 0) is 24.3 Å². The second-order valence-electron chi connectivity index (χ2n) is 4.13. The highest BCUT2D eigenvalue weighted by Gasteiger charge is 2.23. The quantitative estimate of drug-likeness (QED) is 0.535. The van der Waals surface area contributed by atoms with Crippen LogP contribution >= 0.6 is 0 Å². The Balaban J connectivity index is 2.28. The smallest absolute Gasteiger partial charge is 0.166 e. The van der Waals surface area contributed by atoms with Crippen molar-refractivity contribution in [3.05, 3.63) is 48.0 Å². The molecule has 0 heterocycles. The van der Waals surface area contributed by atoms with Gasteiger partial charge in [-0.3, -0.25) is 4.79 Å². The van der Waals surface area contributed by atoms with Crippen molar-refractivity contribution in [2.45, 2.75) is 31.6 Å². The molecule has 1 aliphatic carbocycles. The molecule has 0 N–H and O–H groups in total. The Bertz CT molecular complexity index is 375. The predicted molar refractivity (Wildman–Crippen MR) is 62.2 cm³/mol. The van der Waals surface area contributed by atoms with Crippen molar-refractivity contribution in [2.75, 3.05) is 0 Å². The number of ketones is 1. The molecular weight excluding hydrogens is 184 g/mol. The number of carbonyl (C=O) groups is 1. The van der Waals surface area contributed by atoms with Crippen LogP contribution in [-0.4, -0.2) is 5.78 Å². The van der Waals surface area contributed by atoms with Crippen LogP contribution in [-0.2, 0) is 0 Å². The number of hydrogen-bond acceptors (Lipinski definition) is 1. The number of allylic oxidation sites excluding steroid dienone is 1. The molecular formula is C14H16O. The molecule has 0 amide bonds. The molecule has 0 atom stereocenters. The Labute approximate surface area is 90.8 Å². The Morgan fingerprint density at radius 2 is 2.13 bits per heavy atom. The molecule has 1 nitrogen and oxygen atoms in total. The molecule has 1 aliphatic rings. The highest BCUT2D eigenvalue weighted by Crippen LogP contribution is 2.38. The van der Waals surface area contributed by atoms with Crippen molar-refractivity contribution in [2.24, 2.45) is 0 Å². The van der Waals surface area contributed by atoms with Crippen LogP contribution < -0.4 is 0 Å². The first-order valence-electron chi connectivity index (χ1n) is 5.56. The topological polar surface area (TPSA) is 17.1 Å². The van der Waals surface area contributed by atoms with E-state index in [9.17, 15) is 4.79 Å². The van der Waals surface area contributed by atoms with E-state index in [1.165, 1.54) is 24.8 Å². The van der Waals surface area contributed by atoms with Crippen LogP contribution in [0.4, 0.5) is 0 Å². The van der Waals surface area contributed by atoms with E-state index in [1.807, 2.05) is 18.2 Å². The van der Waals surface area contributed by atoms with Crippen molar-refractivity contribution in [1.82, 2.24) is 0 Å². The van der Waals surface area contributed by atoms with E-state index in [0.29, 0.717) is 12.3 Å². The highest BCUT2D eigenvalue weighted by atomic mass is 16.1. The van der Waals surface area contributed by atoms with Crippen LogP contribution in [0.25, 0.3) is 0 Å². The lowest BCUT2D eigenvalue weighted by atomic mass is 9.77. The van der Waals surface area contributed by atoms with Gasteiger partial charge in [0.2, 0.25) is 0 Å². The summed E-state index contributed by atoms with van der Waals surface area (Å²) >= 11 is 0. The van der Waals surface area contributed by atoms with E-state index in [1.54, 1.807) is 6.08 Å². The zero-order chi connectivity index (χ0) is 10.7. The van der Waals surface area contributed by atoms with Gasteiger partial charge in [-0.2, -0.15) is 0 Å². The van der Waals surface area contributed by atoms with Crippen LogP contribution in [0.5, 0.6) is 0 Å². The van der Waals surface area contributed by atoms with Gasteiger partial charge >= 0.3 is 0 Å². The summed E-state index contributed by atoms with van der Waals surface area (Å²) in [6.07, 6.45) is 5.90. The molecule has 0 aliphatic heterocycles. The summed E-state index contributed by atoms with van der Waals surface area (Å²) in [6, 6.07) is 8.01. The molecule has 15 heavy (non-hydrogen) atoms. The molecule has 0 aromatic heterocycles. The molecule has 1 aromatic rings. The van der Waals surface area contributed by atoms with Crippen LogP contribution in [0.15, 0.2) is 36.9 Å². The maximum absolute atomic E-state index is 11.8. The van der Waals surface area contributed by atoms with Crippen LogP contribution in [0.1, 0.15) is 47.5 Å². The molecule has 1 fully saturated rings. The summed E-state index contributed by atoms with van der Waals surface area (Å²) in [5, 5.41) is 0. The van der Waals surface area contributed by atoms with Gasteiger partial charge in [-0.15, -0.1) is 6.58 Å². The average molecular weight is 200 g/mol. The zero-order valence-corrected chi connectivity index (χ0v) is 8.91. The van der Waals surface area contributed by atoms with Gasteiger partial charge in [0.1, 0.15) is 0 Å². The maximum atomic E-state index is 11.8. The number of benzene rings is 1. The highest BCUT2D eigenvalue weighted by molar-refractivity contribution is 5.98. The average Bonchev–Trinajstić information content (AvgIpc) is 2.16. The molecule has 0 unspecified atom stereocenters. The van der Waals surface area contributed by atoms with Gasteiger partial charge in [-0.25, -0.2) is 0 Å². The minimum atomic E-state index is 0.201. The summed E-state index contributed by atoms with van der Waals surface area (Å²) in [6.45, 7) is 3.61. The number of hydrogen-bond donors (Lipinski definition) is 0. The normalized spacial score (nSPS) is 15.7. The minimum absolute atomic E-state index is 0.201. The minimum Gasteiger partial charge on any atom is -0.294 e. The van der Waals surface area contributed by atoms with E-state index >= 15 is 0 Å². The Morgan fingerprint density at radius 3 is 2.73 bits per heavy atom. The molecule has 2 rings (SSSR count). The van der Waals surface area contributed by atoms with Crippen LogP contribution in [0, 0.1) is 0 Å². The van der Waals surface area contributed by atoms with Crippen molar-refractivity contribution in [3.63, 3.8) is 0 Å². The van der Waals surface area contributed by atoms with E-state index in [0.717, 1.165) is 5.56 Å². The fourth-order valence-electron chi connectivity index (χ4n) is 2.07. The summed E-state index contributed by atoms with van der Waals surface area (Å²) in [7, 11) is 0. The summed E-state index contributed by atoms with van der Waals surface area (Å²) in [4.78, 5) is 11.8. The molecule has 0 saturated heterocycles. The first-order chi connectivity index (χ1) is 7.33. The van der Waals surface area contributed by atoms with Crippen LogP contribution in [0.2, 0.25) is 0 Å². The van der Waals surface area contributed by atoms with Gasteiger partial charge in [0.25, 0.3) is 0 Å². The van der Waals surface area contributed by atoms with Gasteiger partial charge in [0.05, 0.1) is 0 Å². The number of Topliss-reactive ketones (excluding diaryl/α,β-unsaturated/α-hetero) is 1. The standard InChI is InChI=1S/C14H16O/c1-2-6-14(15)13-10-4-3-9-12(13)11-7-5-8-11/h2-4,9-11H,1,5-8H2. The summed E-state index contributed by atoms with van der Waals surface area (Å²) in [5.41, 5.74) is 2.15. The molecule has 78 valence electrons. The van der Waals surface area contributed by atoms with Crippen molar-refractivity contribution in [3.8, 4) is 0 Å². The van der Waals surface area contributed by atoms with Gasteiger partial charge in [0.15, 0.2) is 5.78 Å². The molecule has 1 heteroatoms. The third kappa shape index (κ3) is 2.01. The van der Waals surface area contributed by atoms with E-state index < -0.39 is 0 Å². The Kier molecular flexibility index (Phi) is 3.00. The third-order valence-electron chi connectivity index (χ3n) is 3.14. The third-order valence-corrected chi connectivity index (χ3v) is 3.14. The fourth-order valence-corrected chi connectivity index (χ4v) is 2.07. The van der Waals surface area contributed by atoms with Crippen molar-refractivity contribution >= 4 is 5.78 Å². The van der Waals surface area contributed by atoms with E-state index in [-0.39, 0.29) is 5.78 Å². The van der Waals surface area contributed by atoms with Gasteiger partial charge in [0, 0.05) is 12.0 Å². The molecule has 1 aromatic carbocycles. The van der Waals surface area contributed by atoms with Crippen molar-refractivity contribution < 1.29 is 4.79 Å². The van der Waals surface area contributed by atoms with Gasteiger partial charge < -0.3 is 0 Å². The molecule has 1 saturated carbocycles. The van der Waals surface area contributed by atoms with Gasteiger partial charge in [-0.1, -0.05) is 36.8 Å². The summed E-state index contributed by atoms with van der Waals surface area (Å²) < 4.78 is 0. The second kappa shape index (κ2) is 4.43. The lowest BCUT2D eigenvalue weighted by molar-refractivity contribution is 0.0994. The second-order valence-corrected chi connectivity index (χ2v) is 4.13. The Morgan fingerprint density at radius 1 is 1.40 bits per heavy atom. The first kappa shape index (κ1) is 10.2.